The second-order valence-electron chi connectivity index (χ2n) is 8.13. The van der Waals surface area contributed by atoms with Gasteiger partial charge in [0.1, 0.15) is 5.82 Å². The lowest BCUT2D eigenvalue weighted by Gasteiger charge is -2.30. The summed E-state index contributed by atoms with van der Waals surface area (Å²) >= 11 is 0. The van der Waals surface area contributed by atoms with E-state index in [1.165, 1.54) is 13.5 Å². The zero-order chi connectivity index (χ0) is 21.4. The molecule has 3 aromatic rings. The van der Waals surface area contributed by atoms with Gasteiger partial charge in [0.15, 0.2) is 11.7 Å². The summed E-state index contributed by atoms with van der Waals surface area (Å²) < 4.78 is 22.5. The van der Waals surface area contributed by atoms with Crippen molar-refractivity contribution in [3.05, 3.63) is 70.3 Å². The van der Waals surface area contributed by atoms with E-state index in [0.29, 0.717) is 11.2 Å². The van der Waals surface area contributed by atoms with Gasteiger partial charge in [-0.25, -0.2) is 4.39 Å². The molecule has 0 bridgehead atoms. The molecule has 1 saturated carbocycles. The van der Waals surface area contributed by atoms with Crippen LogP contribution in [0.4, 0.5) is 10.1 Å². The second kappa shape index (κ2) is 8.46. The average molecular weight is 420 g/mol. The van der Waals surface area contributed by atoms with E-state index in [4.69, 9.17) is 4.65 Å². The van der Waals surface area contributed by atoms with Gasteiger partial charge in [0.2, 0.25) is 0 Å². The molecule has 2 N–H and O–H groups in total. The van der Waals surface area contributed by atoms with E-state index >= 15 is 4.39 Å². The first-order valence-corrected chi connectivity index (χ1v) is 10.7. The molecule has 2 fully saturated rings. The molecule has 0 spiro atoms. The van der Waals surface area contributed by atoms with Crippen LogP contribution in [-0.2, 0) is 4.65 Å². The highest BCUT2D eigenvalue weighted by atomic mass is 19.1. The largest absolute Gasteiger partial charge is 0.407 e. The Morgan fingerprint density at radius 1 is 1.16 bits per heavy atom. The number of pyridine rings is 1. The lowest BCUT2D eigenvalue weighted by Crippen LogP contribution is -2.43. The summed E-state index contributed by atoms with van der Waals surface area (Å²) in [5.41, 5.74) is 1.69. The zero-order valence-corrected chi connectivity index (χ0v) is 17.1. The number of hydrogen-bond donors (Lipinski definition) is 2. The Labute approximate surface area is 180 Å². The van der Waals surface area contributed by atoms with Crippen LogP contribution in [0.3, 0.4) is 0 Å². The average Bonchev–Trinajstić information content (AvgIpc) is 3.64. The Bertz CT molecular complexity index is 1140. The van der Waals surface area contributed by atoms with E-state index < -0.39 is 17.5 Å². The maximum absolute atomic E-state index is 15.0. The van der Waals surface area contributed by atoms with Crippen LogP contribution in [0, 0.1) is 5.82 Å². The van der Waals surface area contributed by atoms with Gasteiger partial charge in [-0.1, -0.05) is 35.8 Å². The Hall–Kier alpha value is -2.68. The Morgan fingerprint density at radius 3 is 2.61 bits per heavy atom. The lowest BCUT2D eigenvalue weighted by molar-refractivity contribution is -0.0171. The van der Waals surface area contributed by atoms with Crippen LogP contribution in [0.1, 0.15) is 30.7 Å². The van der Waals surface area contributed by atoms with Gasteiger partial charge in [0.05, 0.1) is 16.8 Å². The zero-order valence-electron chi connectivity index (χ0n) is 17.1. The van der Waals surface area contributed by atoms with Crippen LogP contribution in [0.15, 0.2) is 53.5 Å². The number of aromatic nitrogens is 1. The first-order valence-electron chi connectivity index (χ1n) is 10.7. The molecule has 0 amide bonds. The number of nitrogens with zero attached hydrogens (tertiary/aromatic N) is 2. The smallest absolute Gasteiger partial charge is 0.333 e. The molecule has 8 heteroatoms. The lowest BCUT2D eigenvalue weighted by atomic mass is 9.88. The number of aliphatic hydroxyl groups excluding tert-OH is 1. The summed E-state index contributed by atoms with van der Waals surface area (Å²) in [5, 5.41) is 14.1. The predicted octanol–water partition coefficient (Wildman–Crippen LogP) is 1.84. The molecule has 1 radical (unpaired) electrons. The van der Waals surface area contributed by atoms with Crippen molar-refractivity contribution in [1.82, 2.24) is 9.88 Å². The molecule has 6 nitrogen and oxygen atoms in total. The number of hydrogen-bond acceptors (Lipinski definition) is 5. The first kappa shape index (κ1) is 20.2. The minimum atomic E-state index is -1.43. The fourth-order valence-corrected chi connectivity index (χ4v) is 4.11. The van der Waals surface area contributed by atoms with E-state index in [1.54, 1.807) is 12.3 Å². The predicted molar refractivity (Wildman–Crippen MR) is 119 cm³/mol. The van der Waals surface area contributed by atoms with Crippen molar-refractivity contribution in [2.24, 2.45) is 0 Å². The molecule has 1 unspecified atom stereocenters. The number of piperazine rings is 1. The summed E-state index contributed by atoms with van der Waals surface area (Å²) in [6.07, 6.45) is 2.22. The van der Waals surface area contributed by atoms with Gasteiger partial charge in [-0.3, -0.25) is 4.79 Å². The van der Waals surface area contributed by atoms with Gasteiger partial charge in [-0.2, -0.15) is 0 Å². The molecular formula is C23H24BFN3O3. The third kappa shape index (κ3) is 4.11. The molecular weight excluding hydrogens is 396 g/mol. The number of fused-ring (bicyclic) bond motifs is 1. The maximum atomic E-state index is 15.0. The summed E-state index contributed by atoms with van der Waals surface area (Å²) in [5.74, 6) is -0.419. The highest BCUT2D eigenvalue weighted by Gasteiger charge is 2.28. The summed E-state index contributed by atoms with van der Waals surface area (Å²) in [7, 11) is 1.42. The SMILES string of the molecule is O=c1c(C(O)O[B]c2ccccc2)cn(C2CC2)c2cc(N3CCNCC3)c(F)cc12. The van der Waals surface area contributed by atoms with E-state index in [0.717, 1.165) is 44.5 Å². The molecule has 159 valence electrons. The van der Waals surface area contributed by atoms with Crippen LogP contribution in [0.25, 0.3) is 10.9 Å². The van der Waals surface area contributed by atoms with Crippen molar-refractivity contribution < 1.29 is 14.2 Å². The highest BCUT2D eigenvalue weighted by Crippen LogP contribution is 2.38. The first-order chi connectivity index (χ1) is 15.1. The normalized spacial score (nSPS) is 17.7. The molecule has 2 aliphatic rings. The fourth-order valence-electron chi connectivity index (χ4n) is 4.11. The minimum Gasteiger partial charge on any atom is -0.407 e. The van der Waals surface area contributed by atoms with E-state index in [-0.39, 0.29) is 17.0 Å². The van der Waals surface area contributed by atoms with Gasteiger partial charge < -0.3 is 24.5 Å². The quantitative estimate of drug-likeness (QED) is 0.471. The van der Waals surface area contributed by atoms with Gasteiger partial charge in [-0.05, 0) is 25.0 Å². The highest BCUT2D eigenvalue weighted by molar-refractivity contribution is 6.46. The molecule has 31 heavy (non-hydrogen) atoms. The molecule has 1 atom stereocenters. The van der Waals surface area contributed by atoms with Crippen LogP contribution in [0.5, 0.6) is 0 Å². The van der Waals surface area contributed by atoms with Crippen LogP contribution < -0.4 is 21.1 Å². The molecule has 1 aliphatic heterocycles. The van der Waals surface area contributed by atoms with Crippen LogP contribution >= 0.6 is 0 Å². The molecule has 5 rings (SSSR count). The third-order valence-corrected chi connectivity index (χ3v) is 5.92. The Morgan fingerprint density at radius 2 is 1.90 bits per heavy atom. The third-order valence-electron chi connectivity index (χ3n) is 5.92. The topological polar surface area (TPSA) is 66.7 Å². The monoisotopic (exact) mass is 420 g/mol. The molecule has 1 aromatic heterocycles. The van der Waals surface area contributed by atoms with Crippen molar-refractivity contribution in [2.75, 3.05) is 31.1 Å². The molecule has 2 aromatic carbocycles. The van der Waals surface area contributed by atoms with E-state index in [2.05, 4.69) is 5.32 Å². The Balaban J connectivity index is 1.53. The van der Waals surface area contributed by atoms with E-state index in [1.807, 2.05) is 39.8 Å². The fraction of sp³-hybridized carbons (Fsp3) is 0.348. The van der Waals surface area contributed by atoms with Crippen LogP contribution in [-0.4, -0.2) is 43.3 Å². The number of anilines is 1. The van der Waals surface area contributed by atoms with E-state index in [9.17, 15) is 9.90 Å². The van der Waals surface area contributed by atoms with Gasteiger partial charge in [-0.15, -0.1) is 0 Å². The van der Waals surface area contributed by atoms with Crippen molar-refractivity contribution >= 4 is 29.5 Å². The van der Waals surface area contributed by atoms with Crippen molar-refractivity contribution in [3.8, 4) is 0 Å². The van der Waals surface area contributed by atoms with Crippen LogP contribution in [0.2, 0.25) is 0 Å². The van der Waals surface area contributed by atoms with Crippen molar-refractivity contribution in [3.63, 3.8) is 0 Å². The van der Waals surface area contributed by atoms with Gasteiger partial charge in [0, 0.05) is 43.8 Å². The maximum Gasteiger partial charge on any atom is 0.333 e. The molecule has 2 heterocycles. The van der Waals surface area contributed by atoms with Crippen molar-refractivity contribution in [1.29, 1.82) is 0 Å². The number of benzene rings is 2. The van der Waals surface area contributed by atoms with Gasteiger partial charge in [0.25, 0.3) is 0 Å². The summed E-state index contributed by atoms with van der Waals surface area (Å²) in [6.45, 7) is 3.03. The second-order valence-corrected chi connectivity index (χ2v) is 8.13. The minimum absolute atomic E-state index is 0.112. The number of rotatable bonds is 6. The van der Waals surface area contributed by atoms with Gasteiger partial charge >= 0.3 is 7.48 Å². The number of aliphatic hydroxyl groups is 1. The molecule has 1 saturated heterocycles. The Kier molecular flexibility index (Phi) is 5.52. The summed E-state index contributed by atoms with van der Waals surface area (Å²) in [6, 6.07) is 12.6. The van der Waals surface area contributed by atoms with Crippen molar-refractivity contribution in [2.45, 2.75) is 25.2 Å². The summed E-state index contributed by atoms with van der Waals surface area (Å²) in [4.78, 5) is 15.2. The molecule has 1 aliphatic carbocycles. The number of nitrogens with one attached hydrogen (secondary N) is 1. The standard InChI is InChI=1S/C23H24BFN3O3/c25-19-12-17-20(13-21(19)27-10-8-26-9-11-27)28(16-6-7-16)14-18(22(17)29)23(30)31-24-15-4-2-1-3-5-15/h1-5,12-14,16,23,26,30H,6-11H2. The number of halogens is 1.